The monoisotopic (exact) mass is 370 g/mol. The fraction of sp³-hybridized carbons (Fsp3) is 0.250. The van der Waals surface area contributed by atoms with Crippen molar-refractivity contribution in [1.29, 1.82) is 0 Å². The Bertz CT molecular complexity index is 826. The number of hydrogen-bond acceptors (Lipinski definition) is 3. The maximum Gasteiger partial charge on any atom is 0.174 e. The molecule has 0 radical (unpaired) electrons. The van der Waals surface area contributed by atoms with Crippen molar-refractivity contribution in [1.82, 2.24) is 4.90 Å². The van der Waals surface area contributed by atoms with Gasteiger partial charge in [0, 0.05) is 10.6 Å². The van der Waals surface area contributed by atoms with Crippen LogP contribution in [0.1, 0.15) is 34.7 Å². The van der Waals surface area contributed by atoms with E-state index in [0.717, 1.165) is 11.4 Å². The van der Waals surface area contributed by atoms with Crippen LogP contribution in [0.25, 0.3) is 0 Å². The molecule has 3 rings (SSSR count). The minimum Gasteiger partial charge on any atom is -0.467 e. The van der Waals surface area contributed by atoms with Crippen molar-refractivity contribution >= 4 is 34.4 Å². The predicted molar refractivity (Wildman–Crippen MR) is 109 cm³/mol. The van der Waals surface area contributed by atoms with E-state index < -0.39 is 0 Å². The molecule has 1 N–H and O–H groups in total. The van der Waals surface area contributed by atoms with Gasteiger partial charge in [0.1, 0.15) is 5.76 Å². The standard InChI is InChI=1S/C20H22N2OS2/c1-14-8-9-15(2)18(12-14)21-20(24)22(13-17-6-4-10-23-17)16(3)19-7-5-11-25-19/h4-12,16H,13H2,1-3H3,(H,21,24)/t16-/m1/s1. The maximum absolute atomic E-state index is 5.76. The van der Waals surface area contributed by atoms with E-state index in [9.17, 15) is 0 Å². The van der Waals surface area contributed by atoms with E-state index in [2.05, 4.69) is 66.7 Å². The van der Waals surface area contributed by atoms with Crippen LogP contribution in [0.15, 0.2) is 58.5 Å². The SMILES string of the molecule is Cc1ccc(C)c(NC(=S)N(Cc2ccco2)[C@H](C)c2cccs2)c1. The molecule has 1 aromatic carbocycles. The number of nitrogens with zero attached hydrogens (tertiary/aromatic N) is 1. The summed E-state index contributed by atoms with van der Waals surface area (Å²) in [6.45, 7) is 6.97. The third kappa shape index (κ3) is 4.30. The van der Waals surface area contributed by atoms with Gasteiger partial charge in [-0.3, -0.25) is 0 Å². The lowest BCUT2D eigenvalue weighted by molar-refractivity contribution is 0.306. The number of benzene rings is 1. The molecule has 0 fully saturated rings. The number of aryl methyl sites for hydroxylation is 2. The van der Waals surface area contributed by atoms with Gasteiger partial charge in [0.15, 0.2) is 5.11 Å². The lowest BCUT2D eigenvalue weighted by Crippen LogP contribution is -2.36. The zero-order valence-corrected chi connectivity index (χ0v) is 16.3. The molecule has 3 aromatic rings. The summed E-state index contributed by atoms with van der Waals surface area (Å²) in [5.41, 5.74) is 3.43. The molecule has 1 atom stereocenters. The smallest absolute Gasteiger partial charge is 0.174 e. The van der Waals surface area contributed by atoms with Crippen LogP contribution < -0.4 is 5.32 Å². The topological polar surface area (TPSA) is 28.4 Å². The molecular weight excluding hydrogens is 348 g/mol. The normalized spacial score (nSPS) is 12.0. The van der Waals surface area contributed by atoms with Crippen molar-refractivity contribution < 1.29 is 4.42 Å². The minimum absolute atomic E-state index is 0.162. The van der Waals surface area contributed by atoms with Crippen molar-refractivity contribution in [3.05, 3.63) is 75.9 Å². The van der Waals surface area contributed by atoms with Crippen LogP contribution in [-0.4, -0.2) is 10.0 Å². The fourth-order valence-corrected chi connectivity index (χ4v) is 3.82. The first-order valence-corrected chi connectivity index (χ1v) is 9.54. The van der Waals surface area contributed by atoms with Crippen molar-refractivity contribution in [3.63, 3.8) is 0 Å². The van der Waals surface area contributed by atoms with Gasteiger partial charge in [0.05, 0.1) is 18.8 Å². The number of nitrogens with one attached hydrogen (secondary N) is 1. The average molecular weight is 371 g/mol. The number of furan rings is 1. The summed E-state index contributed by atoms with van der Waals surface area (Å²) in [4.78, 5) is 3.44. The summed E-state index contributed by atoms with van der Waals surface area (Å²) < 4.78 is 5.55. The second kappa shape index (κ2) is 7.85. The fourth-order valence-electron chi connectivity index (χ4n) is 2.70. The van der Waals surface area contributed by atoms with E-state index in [1.54, 1.807) is 17.6 Å². The van der Waals surface area contributed by atoms with Crippen molar-refractivity contribution in [3.8, 4) is 0 Å². The molecule has 130 valence electrons. The molecule has 2 heterocycles. The summed E-state index contributed by atoms with van der Waals surface area (Å²) >= 11 is 7.50. The molecule has 2 aromatic heterocycles. The Hall–Kier alpha value is -2.11. The summed E-state index contributed by atoms with van der Waals surface area (Å²) in [5, 5.41) is 6.22. The van der Waals surface area contributed by atoms with Crippen LogP contribution >= 0.6 is 23.6 Å². The van der Waals surface area contributed by atoms with Crippen LogP contribution in [0.5, 0.6) is 0 Å². The zero-order valence-electron chi connectivity index (χ0n) is 14.7. The largest absolute Gasteiger partial charge is 0.467 e. The van der Waals surface area contributed by atoms with Gasteiger partial charge in [-0.2, -0.15) is 0 Å². The molecule has 0 amide bonds. The molecule has 0 aliphatic heterocycles. The van der Waals surface area contributed by atoms with Gasteiger partial charge in [0.2, 0.25) is 0 Å². The van der Waals surface area contributed by atoms with Gasteiger partial charge in [-0.05, 0) is 73.8 Å². The van der Waals surface area contributed by atoms with Crippen LogP contribution in [0.4, 0.5) is 5.69 Å². The molecule has 0 spiro atoms. The highest BCUT2D eigenvalue weighted by Gasteiger charge is 2.21. The number of thiophene rings is 1. The number of hydrogen-bond donors (Lipinski definition) is 1. The molecule has 0 saturated heterocycles. The Morgan fingerprint density at radius 1 is 1.24 bits per heavy atom. The second-order valence-electron chi connectivity index (χ2n) is 6.15. The lowest BCUT2D eigenvalue weighted by atomic mass is 10.1. The highest BCUT2D eigenvalue weighted by atomic mass is 32.1. The van der Waals surface area contributed by atoms with E-state index in [1.165, 1.54) is 16.0 Å². The first-order valence-electron chi connectivity index (χ1n) is 8.25. The Balaban J connectivity index is 1.84. The quantitative estimate of drug-likeness (QED) is 0.565. The Labute approximate surface area is 158 Å². The molecule has 5 heteroatoms. The van der Waals surface area contributed by atoms with Crippen LogP contribution in [0.2, 0.25) is 0 Å². The van der Waals surface area contributed by atoms with E-state index in [-0.39, 0.29) is 6.04 Å². The van der Waals surface area contributed by atoms with Gasteiger partial charge in [-0.15, -0.1) is 11.3 Å². The van der Waals surface area contributed by atoms with Gasteiger partial charge < -0.3 is 14.6 Å². The van der Waals surface area contributed by atoms with Crippen molar-refractivity contribution in [2.45, 2.75) is 33.4 Å². The Morgan fingerprint density at radius 2 is 2.08 bits per heavy atom. The van der Waals surface area contributed by atoms with Crippen molar-refractivity contribution in [2.75, 3.05) is 5.32 Å². The van der Waals surface area contributed by atoms with Gasteiger partial charge in [0.25, 0.3) is 0 Å². The summed E-state index contributed by atoms with van der Waals surface area (Å²) in [6.07, 6.45) is 1.70. The minimum atomic E-state index is 0.162. The van der Waals surface area contributed by atoms with Crippen LogP contribution in [0, 0.1) is 13.8 Å². The molecule has 0 unspecified atom stereocenters. The number of anilines is 1. The van der Waals surface area contributed by atoms with Crippen LogP contribution in [-0.2, 0) is 6.54 Å². The number of rotatable bonds is 5. The third-order valence-electron chi connectivity index (χ3n) is 4.22. The van der Waals surface area contributed by atoms with Gasteiger partial charge in [-0.1, -0.05) is 18.2 Å². The molecule has 0 aliphatic rings. The number of thiocarbonyl (C=S) groups is 1. The molecular formula is C20H22N2OS2. The van der Waals surface area contributed by atoms with Crippen LogP contribution in [0.3, 0.4) is 0 Å². The Morgan fingerprint density at radius 3 is 2.76 bits per heavy atom. The highest BCUT2D eigenvalue weighted by Crippen LogP contribution is 2.28. The molecule has 3 nitrogen and oxygen atoms in total. The summed E-state index contributed by atoms with van der Waals surface area (Å²) in [5.74, 6) is 0.897. The molecule has 0 saturated carbocycles. The second-order valence-corrected chi connectivity index (χ2v) is 7.51. The van der Waals surface area contributed by atoms with E-state index >= 15 is 0 Å². The van der Waals surface area contributed by atoms with E-state index in [0.29, 0.717) is 11.7 Å². The summed E-state index contributed by atoms with van der Waals surface area (Å²) in [7, 11) is 0. The zero-order chi connectivity index (χ0) is 17.8. The highest BCUT2D eigenvalue weighted by molar-refractivity contribution is 7.80. The van der Waals surface area contributed by atoms with E-state index in [4.69, 9.17) is 16.6 Å². The Kier molecular flexibility index (Phi) is 5.56. The summed E-state index contributed by atoms with van der Waals surface area (Å²) in [6, 6.07) is 14.6. The third-order valence-corrected chi connectivity index (χ3v) is 5.60. The molecule has 0 bridgehead atoms. The lowest BCUT2D eigenvalue weighted by Gasteiger charge is -2.31. The predicted octanol–water partition coefficient (Wildman–Crippen LogP) is 5.92. The molecule has 25 heavy (non-hydrogen) atoms. The first-order chi connectivity index (χ1) is 12.0. The van der Waals surface area contributed by atoms with Gasteiger partial charge >= 0.3 is 0 Å². The van der Waals surface area contributed by atoms with Crippen molar-refractivity contribution in [2.24, 2.45) is 0 Å². The van der Waals surface area contributed by atoms with E-state index in [1.807, 2.05) is 12.1 Å². The first kappa shape index (κ1) is 17.7. The maximum atomic E-state index is 5.76. The van der Waals surface area contributed by atoms with Gasteiger partial charge in [-0.25, -0.2) is 0 Å². The average Bonchev–Trinajstić information content (AvgIpc) is 3.28. The molecule has 0 aliphatic carbocycles.